The second-order valence-electron chi connectivity index (χ2n) is 5.20. The summed E-state index contributed by atoms with van der Waals surface area (Å²) in [5.41, 5.74) is 1.96. The van der Waals surface area contributed by atoms with Crippen molar-refractivity contribution >= 4 is 40.6 Å². The number of aromatic nitrogens is 2. The number of pyridine rings is 2. The van der Waals surface area contributed by atoms with Crippen LogP contribution < -0.4 is 10.6 Å². The number of rotatable bonds is 5. The summed E-state index contributed by atoms with van der Waals surface area (Å²) in [5, 5.41) is 6.86. The largest absolute Gasteiger partial charge is 0.348 e. The predicted molar refractivity (Wildman–Crippen MR) is 99.4 cm³/mol. The SMILES string of the molecule is O=C(NCc1cccnc1)c1ccc(Nc2c(Cl)cccc2Cl)nc1. The molecule has 0 atom stereocenters. The van der Waals surface area contributed by atoms with Crippen LogP contribution in [0.1, 0.15) is 15.9 Å². The molecule has 0 aliphatic carbocycles. The molecule has 0 saturated carbocycles. The Balaban J connectivity index is 1.64. The van der Waals surface area contributed by atoms with Gasteiger partial charge >= 0.3 is 0 Å². The molecule has 0 aliphatic rings. The van der Waals surface area contributed by atoms with Gasteiger partial charge in [0.25, 0.3) is 5.91 Å². The molecule has 2 N–H and O–H groups in total. The zero-order chi connectivity index (χ0) is 17.6. The Morgan fingerprint density at radius 2 is 1.80 bits per heavy atom. The van der Waals surface area contributed by atoms with Crippen LogP contribution in [0.3, 0.4) is 0 Å². The van der Waals surface area contributed by atoms with Crippen molar-refractivity contribution in [1.29, 1.82) is 0 Å². The van der Waals surface area contributed by atoms with Gasteiger partial charge in [-0.15, -0.1) is 0 Å². The molecule has 2 heterocycles. The van der Waals surface area contributed by atoms with Crippen LogP contribution in [-0.4, -0.2) is 15.9 Å². The van der Waals surface area contributed by atoms with Crippen LogP contribution in [-0.2, 0) is 6.54 Å². The number of amides is 1. The fourth-order valence-corrected chi connectivity index (χ4v) is 2.63. The fourth-order valence-electron chi connectivity index (χ4n) is 2.13. The molecule has 5 nitrogen and oxygen atoms in total. The van der Waals surface area contributed by atoms with Crippen LogP contribution in [0, 0.1) is 0 Å². The standard InChI is InChI=1S/C18H14Cl2N4O/c19-14-4-1-5-15(20)17(14)24-16-7-6-13(11-22-16)18(25)23-10-12-3-2-8-21-9-12/h1-9,11H,10H2,(H,22,24)(H,23,25). The molecule has 0 saturated heterocycles. The van der Waals surface area contributed by atoms with Crippen molar-refractivity contribution in [2.75, 3.05) is 5.32 Å². The first-order valence-corrected chi connectivity index (χ1v) is 8.23. The van der Waals surface area contributed by atoms with Gasteiger partial charge in [-0.2, -0.15) is 0 Å². The highest BCUT2D eigenvalue weighted by Crippen LogP contribution is 2.31. The lowest BCUT2D eigenvalue weighted by Gasteiger charge is -2.10. The summed E-state index contributed by atoms with van der Waals surface area (Å²) >= 11 is 12.2. The summed E-state index contributed by atoms with van der Waals surface area (Å²) in [6.07, 6.45) is 4.89. The number of halogens is 2. The van der Waals surface area contributed by atoms with Crippen LogP contribution in [0.25, 0.3) is 0 Å². The molecule has 0 bridgehead atoms. The smallest absolute Gasteiger partial charge is 0.253 e. The molecule has 0 unspecified atom stereocenters. The molecule has 1 amide bonds. The number of carbonyl (C=O) groups is 1. The summed E-state index contributed by atoms with van der Waals surface area (Å²) in [7, 11) is 0. The number of para-hydroxylation sites is 1. The van der Waals surface area contributed by atoms with Crippen molar-refractivity contribution in [3.8, 4) is 0 Å². The van der Waals surface area contributed by atoms with Crippen LogP contribution in [0.15, 0.2) is 61.1 Å². The molecule has 7 heteroatoms. The average molecular weight is 373 g/mol. The number of carbonyl (C=O) groups excluding carboxylic acids is 1. The highest BCUT2D eigenvalue weighted by Gasteiger charge is 2.09. The van der Waals surface area contributed by atoms with E-state index in [1.165, 1.54) is 6.20 Å². The van der Waals surface area contributed by atoms with Crippen molar-refractivity contribution in [2.24, 2.45) is 0 Å². The Morgan fingerprint density at radius 1 is 1.00 bits per heavy atom. The van der Waals surface area contributed by atoms with Crippen LogP contribution >= 0.6 is 23.2 Å². The molecule has 1 aromatic carbocycles. The quantitative estimate of drug-likeness (QED) is 0.693. The number of hydrogen-bond acceptors (Lipinski definition) is 4. The van der Waals surface area contributed by atoms with Gasteiger partial charge in [-0.3, -0.25) is 9.78 Å². The van der Waals surface area contributed by atoms with Crippen LogP contribution in [0.5, 0.6) is 0 Å². The van der Waals surface area contributed by atoms with Gasteiger partial charge in [-0.05, 0) is 35.9 Å². The minimum Gasteiger partial charge on any atom is -0.348 e. The molecule has 3 rings (SSSR count). The number of benzene rings is 1. The highest BCUT2D eigenvalue weighted by atomic mass is 35.5. The van der Waals surface area contributed by atoms with Crippen LogP contribution in [0.2, 0.25) is 10.0 Å². The third kappa shape index (κ3) is 4.47. The third-order valence-electron chi connectivity index (χ3n) is 3.42. The zero-order valence-electron chi connectivity index (χ0n) is 13.0. The zero-order valence-corrected chi connectivity index (χ0v) is 14.6. The Kier molecular flexibility index (Phi) is 5.48. The Labute approximate surface area is 155 Å². The Hall–Kier alpha value is -2.63. The summed E-state index contributed by atoms with van der Waals surface area (Å²) in [5.74, 6) is 0.331. The molecule has 126 valence electrons. The summed E-state index contributed by atoms with van der Waals surface area (Å²) in [4.78, 5) is 20.4. The second kappa shape index (κ2) is 7.96. The molecule has 0 aliphatic heterocycles. The first-order valence-electron chi connectivity index (χ1n) is 7.47. The molecule has 0 spiro atoms. The van der Waals surface area contributed by atoms with E-state index in [0.717, 1.165) is 5.56 Å². The maximum absolute atomic E-state index is 12.2. The highest BCUT2D eigenvalue weighted by molar-refractivity contribution is 6.39. The van der Waals surface area contributed by atoms with E-state index in [4.69, 9.17) is 23.2 Å². The normalized spacial score (nSPS) is 10.3. The predicted octanol–water partition coefficient (Wildman–Crippen LogP) is 4.46. The van der Waals surface area contributed by atoms with Gasteiger partial charge in [-0.1, -0.05) is 35.3 Å². The van der Waals surface area contributed by atoms with Gasteiger partial charge in [0.2, 0.25) is 0 Å². The van der Waals surface area contributed by atoms with Gasteiger partial charge in [0.05, 0.1) is 21.3 Å². The maximum atomic E-state index is 12.2. The van der Waals surface area contributed by atoms with Crippen molar-refractivity contribution in [3.63, 3.8) is 0 Å². The lowest BCUT2D eigenvalue weighted by atomic mass is 10.2. The summed E-state index contributed by atoms with van der Waals surface area (Å²) < 4.78 is 0. The van der Waals surface area contributed by atoms with Crippen LogP contribution in [0.4, 0.5) is 11.5 Å². The number of nitrogens with one attached hydrogen (secondary N) is 2. The lowest BCUT2D eigenvalue weighted by Crippen LogP contribution is -2.22. The van der Waals surface area contributed by atoms with Crippen molar-refractivity contribution in [1.82, 2.24) is 15.3 Å². The van der Waals surface area contributed by atoms with E-state index in [1.54, 1.807) is 42.7 Å². The first kappa shape index (κ1) is 17.2. The van der Waals surface area contributed by atoms with Crippen molar-refractivity contribution in [3.05, 3.63) is 82.2 Å². The average Bonchev–Trinajstić information content (AvgIpc) is 2.64. The molecule has 2 aromatic heterocycles. The van der Waals surface area contributed by atoms with Crippen molar-refractivity contribution in [2.45, 2.75) is 6.54 Å². The first-order chi connectivity index (χ1) is 12.1. The Bertz CT molecular complexity index is 850. The number of hydrogen-bond donors (Lipinski definition) is 2. The van der Waals surface area contributed by atoms with E-state index in [9.17, 15) is 4.79 Å². The van der Waals surface area contributed by atoms with E-state index in [-0.39, 0.29) is 5.91 Å². The van der Waals surface area contributed by atoms with Crippen molar-refractivity contribution < 1.29 is 4.79 Å². The molecule has 25 heavy (non-hydrogen) atoms. The molecular weight excluding hydrogens is 359 g/mol. The Morgan fingerprint density at radius 3 is 2.44 bits per heavy atom. The summed E-state index contributed by atoms with van der Waals surface area (Å²) in [6.45, 7) is 0.405. The van der Waals surface area contributed by atoms with E-state index >= 15 is 0 Å². The van der Waals surface area contributed by atoms with E-state index < -0.39 is 0 Å². The van der Waals surface area contributed by atoms with Gasteiger partial charge in [0.1, 0.15) is 5.82 Å². The molecule has 3 aromatic rings. The molecule has 0 radical (unpaired) electrons. The number of anilines is 2. The van der Waals surface area contributed by atoms with Gasteiger partial charge in [0, 0.05) is 25.1 Å². The van der Waals surface area contributed by atoms with Gasteiger partial charge < -0.3 is 10.6 Å². The monoisotopic (exact) mass is 372 g/mol. The van der Waals surface area contributed by atoms with Gasteiger partial charge in [0.15, 0.2) is 0 Å². The molecule has 0 fully saturated rings. The van der Waals surface area contributed by atoms with Gasteiger partial charge in [-0.25, -0.2) is 4.98 Å². The topological polar surface area (TPSA) is 66.9 Å². The third-order valence-corrected chi connectivity index (χ3v) is 4.05. The summed E-state index contributed by atoms with van der Waals surface area (Å²) in [6, 6.07) is 12.3. The van der Waals surface area contributed by atoms with E-state index in [2.05, 4.69) is 20.6 Å². The second-order valence-corrected chi connectivity index (χ2v) is 6.01. The van der Waals surface area contributed by atoms with E-state index in [1.807, 2.05) is 12.1 Å². The molecular formula is C18H14Cl2N4O. The fraction of sp³-hybridized carbons (Fsp3) is 0.0556. The minimum absolute atomic E-state index is 0.210. The maximum Gasteiger partial charge on any atom is 0.253 e. The number of nitrogens with zero attached hydrogens (tertiary/aromatic N) is 2. The minimum atomic E-state index is -0.210. The lowest BCUT2D eigenvalue weighted by molar-refractivity contribution is 0.0950. The van der Waals surface area contributed by atoms with E-state index in [0.29, 0.717) is 33.7 Å².